The molecule has 3 heterocycles. The third kappa shape index (κ3) is 2.35. The van der Waals surface area contributed by atoms with E-state index in [9.17, 15) is 0 Å². The van der Waals surface area contributed by atoms with Gasteiger partial charge in [0.25, 0.3) is 0 Å². The van der Waals surface area contributed by atoms with Gasteiger partial charge in [-0.1, -0.05) is 6.92 Å². The van der Waals surface area contributed by atoms with Gasteiger partial charge in [-0.25, -0.2) is 9.97 Å². The second kappa shape index (κ2) is 4.83. The van der Waals surface area contributed by atoms with Crippen LogP contribution in [0.2, 0.25) is 0 Å². The number of hydrogen-bond donors (Lipinski definition) is 2. The quantitative estimate of drug-likeness (QED) is 0.843. The van der Waals surface area contributed by atoms with Crippen molar-refractivity contribution < 1.29 is 0 Å². The Morgan fingerprint density at radius 1 is 1.47 bits per heavy atom. The van der Waals surface area contributed by atoms with E-state index in [1.54, 1.807) is 6.33 Å². The van der Waals surface area contributed by atoms with Gasteiger partial charge in [0.15, 0.2) is 0 Å². The molecule has 0 amide bonds. The lowest BCUT2D eigenvalue weighted by Gasteiger charge is -2.17. The van der Waals surface area contributed by atoms with Crippen LogP contribution in [0.15, 0.2) is 12.4 Å². The van der Waals surface area contributed by atoms with Gasteiger partial charge in [0.2, 0.25) is 5.95 Å². The van der Waals surface area contributed by atoms with Crippen LogP contribution in [-0.4, -0.2) is 38.2 Å². The van der Waals surface area contributed by atoms with Gasteiger partial charge in [-0.15, -0.1) is 5.10 Å². The van der Waals surface area contributed by atoms with E-state index >= 15 is 0 Å². The molecule has 100 valence electrons. The van der Waals surface area contributed by atoms with Crippen molar-refractivity contribution in [1.82, 2.24) is 25.1 Å². The van der Waals surface area contributed by atoms with Gasteiger partial charge in [0.1, 0.15) is 18.0 Å². The molecule has 1 aliphatic rings. The van der Waals surface area contributed by atoms with Crippen LogP contribution in [0.25, 0.3) is 0 Å². The van der Waals surface area contributed by atoms with Crippen LogP contribution in [0.3, 0.4) is 0 Å². The Labute approximate surface area is 111 Å². The molecule has 2 aromatic rings. The normalized spacial score (nSPS) is 19.0. The number of nitrogens with one attached hydrogen (secondary N) is 1. The summed E-state index contributed by atoms with van der Waals surface area (Å²) in [5.74, 6) is 2.50. The molecular formula is C12H17N7. The number of nitrogens with zero attached hydrogens (tertiary/aromatic N) is 5. The van der Waals surface area contributed by atoms with Crippen LogP contribution >= 0.6 is 0 Å². The molecule has 0 radical (unpaired) electrons. The first-order valence-electron chi connectivity index (χ1n) is 6.50. The van der Waals surface area contributed by atoms with Crippen molar-refractivity contribution in [2.24, 2.45) is 0 Å². The van der Waals surface area contributed by atoms with Gasteiger partial charge in [0.05, 0.1) is 0 Å². The zero-order valence-corrected chi connectivity index (χ0v) is 10.9. The van der Waals surface area contributed by atoms with Crippen molar-refractivity contribution in [3.05, 3.63) is 23.9 Å². The molecule has 1 fully saturated rings. The zero-order valence-electron chi connectivity index (χ0n) is 10.9. The minimum Gasteiger partial charge on any atom is -0.367 e. The van der Waals surface area contributed by atoms with Gasteiger partial charge in [-0.05, 0) is 12.8 Å². The molecule has 3 N–H and O–H groups in total. The van der Waals surface area contributed by atoms with Crippen molar-refractivity contribution in [3.63, 3.8) is 0 Å². The summed E-state index contributed by atoms with van der Waals surface area (Å²) in [7, 11) is 0. The lowest BCUT2D eigenvalue weighted by atomic mass is 10.1. The van der Waals surface area contributed by atoms with E-state index in [0.29, 0.717) is 11.9 Å². The minimum absolute atomic E-state index is 0.309. The Morgan fingerprint density at radius 2 is 2.37 bits per heavy atom. The predicted molar refractivity (Wildman–Crippen MR) is 71.8 cm³/mol. The van der Waals surface area contributed by atoms with E-state index in [-0.39, 0.29) is 0 Å². The number of anilines is 2. The minimum atomic E-state index is 0.309. The number of hydrogen-bond acceptors (Lipinski definition) is 6. The highest BCUT2D eigenvalue weighted by atomic mass is 15.3. The van der Waals surface area contributed by atoms with Gasteiger partial charge in [-0.3, -0.25) is 5.10 Å². The molecule has 0 aromatic carbocycles. The van der Waals surface area contributed by atoms with Gasteiger partial charge < -0.3 is 10.6 Å². The first-order chi connectivity index (χ1) is 9.26. The molecule has 3 rings (SSSR count). The summed E-state index contributed by atoms with van der Waals surface area (Å²) in [5, 5.41) is 6.78. The molecule has 0 saturated carbocycles. The van der Waals surface area contributed by atoms with E-state index in [4.69, 9.17) is 5.73 Å². The maximum atomic E-state index is 5.54. The molecule has 7 nitrogen and oxygen atoms in total. The highest BCUT2D eigenvalue weighted by Crippen LogP contribution is 2.28. The summed E-state index contributed by atoms with van der Waals surface area (Å²) in [6.07, 6.45) is 3.58. The van der Waals surface area contributed by atoms with Crippen LogP contribution in [-0.2, 0) is 6.42 Å². The number of aryl methyl sites for hydroxylation is 1. The maximum absolute atomic E-state index is 5.54. The summed E-state index contributed by atoms with van der Waals surface area (Å²) in [6, 6.07) is 2.05. The van der Waals surface area contributed by atoms with Crippen LogP contribution in [0, 0.1) is 0 Å². The SMILES string of the molecule is CCc1cc(N2CCC(c3nc(N)n[nH]3)C2)ncn1. The summed E-state index contributed by atoms with van der Waals surface area (Å²) in [5.41, 5.74) is 6.61. The fraction of sp³-hybridized carbons (Fsp3) is 0.500. The monoisotopic (exact) mass is 259 g/mol. The van der Waals surface area contributed by atoms with Crippen molar-refractivity contribution in [2.75, 3.05) is 23.7 Å². The summed E-state index contributed by atoms with van der Waals surface area (Å²) < 4.78 is 0. The van der Waals surface area contributed by atoms with E-state index in [1.165, 1.54) is 0 Å². The number of H-pyrrole nitrogens is 1. The lowest BCUT2D eigenvalue weighted by Crippen LogP contribution is -2.21. The molecule has 1 atom stereocenters. The van der Waals surface area contributed by atoms with Crippen molar-refractivity contribution in [2.45, 2.75) is 25.7 Å². The molecule has 1 unspecified atom stereocenters. The largest absolute Gasteiger partial charge is 0.367 e. The highest BCUT2D eigenvalue weighted by molar-refractivity contribution is 5.41. The van der Waals surface area contributed by atoms with E-state index < -0.39 is 0 Å². The van der Waals surface area contributed by atoms with Crippen LogP contribution in [0.5, 0.6) is 0 Å². The average Bonchev–Trinajstić information content (AvgIpc) is 3.07. The van der Waals surface area contributed by atoms with Crippen LogP contribution in [0.1, 0.15) is 30.8 Å². The molecule has 7 heteroatoms. The fourth-order valence-corrected chi connectivity index (χ4v) is 2.41. The number of aromatic amines is 1. The van der Waals surface area contributed by atoms with Gasteiger partial charge in [0, 0.05) is 30.8 Å². The van der Waals surface area contributed by atoms with Crippen molar-refractivity contribution >= 4 is 11.8 Å². The van der Waals surface area contributed by atoms with E-state index in [2.05, 4.69) is 43.0 Å². The number of nitrogen functional groups attached to an aromatic ring is 1. The molecule has 0 spiro atoms. The summed E-state index contributed by atoms with van der Waals surface area (Å²) in [6.45, 7) is 3.94. The first-order valence-corrected chi connectivity index (χ1v) is 6.50. The molecule has 2 aromatic heterocycles. The van der Waals surface area contributed by atoms with E-state index in [1.807, 2.05) is 0 Å². The Morgan fingerprint density at radius 3 is 3.11 bits per heavy atom. The average molecular weight is 259 g/mol. The Hall–Kier alpha value is -2.18. The van der Waals surface area contributed by atoms with Crippen LogP contribution < -0.4 is 10.6 Å². The molecular weight excluding hydrogens is 242 g/mol. The molecule has 1 saturated heterocycles. The second-order valence-electron chi connectivity index (χ2n) is 4.73. The predicted octanol–water partition coefficient (Wildman–Crippen LogP) is 0.733. The highest BCUT2D eigenvalue weighted by Gasteiger charge is 2.27. The van der Waals surface area contributed by atoms with Crippen molar-refractivity contribution in [1.29, 1.82) is 0 Å². The maximum Gasteiger partial charge on any atom is 0.239 e. The topological polar surface area (TPSA) is 96.6 Å². The molecule has 0 bridgehead atoms. The first kappa shape index (κ1) is 11.9. The summed E-state index contributed by atoms with van der Waals surface area (Å²) >= 11 is 0. The molecule has 0 aliphatic carbocycles. The van der Waals surface area contributed by atoms with Gasteiger partial charge >= 0.3 is 0 Å². The number of aromatic nitrogens is 5. The summed E-state index contributed by atoms with van der Waals surface area (Å²) in [4.78, 5) is 15.0. The number of nitrogens with two attached hydrogens (primary N) is 1. The van der Waals surface area contributed by atoms with E-state index in [0.717, 1.165) is 43.3 Å². The smallest absolute Gasteiger partial charge is 0.239 e. The van der Waals surface area contributed by atoms with Crippen LogP contribution in [0.4, 0.5) is 11.8 Å². The van der Waals surface area contributed by atoms with Gasteiger partial charge in [-0.2, -0.15) is 4.98 Å². The number of rotatable bonds is 3. The second-order valence-corrected chi connectivity index (χ2v) is 4.73. The Kier molecular flexibility index (Phi) is 3.02. The third-order valence-corrected chi connectivity index (χ3v) is 3.49. The fourth-order valence-electron chi connectivity index (χ4n) is 2.41. The Bertz CT molecular complexity index is 565. The Balaban J connectivity index is 1.74. The van der Waals surface area contributed by atoms with Crippen molar-refractivity contribution in [3.8, 4) is 0 Å². The molecule has 19 heavy (non-hydrogen) atoms. The standard InChI is InChI=1S/C12H17N7/c1-2-9-5-10(15-7-14-9)19-4-3-8(6-19)11-16-12(13)18-17-11/h5,7-8H,2-4,6H2,1H3,(H3,13,16,17,18). The lowest BCUT2D eigenvalue weighted by molar-refractivity contribution is 0.713. The third-order valence-electron chi connectivity index (χ3n) is 3.49. The molecule has 1 aliphatic heterocycles. The zero-order chi connectivity index (χ0) is 13.2.